The number of halogens is 4. The fourth-order valence-corrected chi connectivity index (χ4v) is 5.66. The molecular weight excluding hydrogens is 622 g/mol. The molecule has 0 spiro atoms. The van der Waals surface area contributed by atoms with Crippen molar-refractivity contribution >= 4 is 67.8 Å². The Hall–Kier alpha value is -3.27. The average Bonchev–Trinajstić information content (AvgIpc) is 2.94. The average molecular weight is 646 g/mol. The normalized spacial score (nSPS) is 14.1. The van der Waals surface area contributed by atoms with E-state index < -0.39 is 11.7 Å². The summed E-state index contributed by atoms with van der Waals surface area (Å²) in [6.07, 6.45) is 6.73. The smallest absolute Gasteiger partial charge is 0.282 e. The molecule has 1 heterocycles. The first-order chi connectivity index (χ1) is 19.3. The topological polar surface area (TPSA) is 85.6 Å². The maximum atomic E-state index is 13.5. The fraction of sp³-hybridized carbons (Fsp3) is 0.241. The van der Waals surface area contributed by atoms with Gasteiger partial charge in [0.15, 0.2) is 12.4 Å². The van der Waals surface area contributed by atoms with Crippen LogP contribution in [0.25, 0.3) is 10.9 Å². The zero-order chi connectivity index (χ0) is 28.2. The van der Waals surface area contributed by atoms with Crippen LogP contribution < -0.4 is 15.6 Å². The Kier molecular flexibility index (Phi) is 8.83. The van der Waals surface area contributed by atoms with Gasteiger partial charge in [0, 0.05) is 16.1 Å². The summed E-state index contributed by atoms with van der Waals surface area (Å²) in [5.74, 6) is 0.0358. The van der Waals surface area contributed by atoms with Gasteiger partial charge in [-0.3, -0.25) is 9.59 Å². The quantitative estimate of drug-likeness (QED) is 0.210. The van der Waals surface area contributed by atoms with Gasteiger partial charge in [-0.15, -0.1) is 0 Å². The minimum atomic E-state index is -0.463. The van der Waals surface area contributed by atoms with Crippen molar-refractivity contribution in [3.05, 3.63) is 96.7 Å². The van der Waals surface area contributed by atoms with Crippen LogP contribution in [0.1, 0.15) is 49.4 Å². The van der Waals surface area contributed by atoms with Crippen molar-refractivity contribution in [2.75, 3.05) is 11.9 Å². The van der Waals surface area contributed by atoms with Gasteiger partial charge in [-0.05, 0) is 73.0 Å². The van der Waals surface area contributed by atoms with Gasteiger partial charge in [-0.25, -0.2) is 9.37 Å². The van der Waals surface area contributed by atoms with Crippen LogP contribution in [-0.2, 0) is 4.79 Å². The third-order valence-electron chi connectivity index (χ3n) is 6.62. The van der Waals surface area contributed by atoms with Crippen LogP contribution in [0.2, 0.25) is 10.0 Å². The second kappa shape index (κ2) is 12.5. The molecule has 1 aliphatic rings. The molecule has 3 aromatic carbocycles. The third kappa shape index (κ3) is 6.54. The zero-order valence-electron chi connectivity index (χ0n) is 21.2. The summed E-state index contributed by atoms with van der Waals surface area (Å²) in [4.78, 5) is 30.6. The summed E-state index contributed by atoms with van der Waals surface area (Å²) < 4.78 is 20.8. The van der Waals surface area contributed by atoms with Gasteiger partial charge >= 0.3 is 0 Å². The van der Waals surface area contributed by atoms with E-state index in [9.17, 15) is 14.0 Å². The third-order valence-corrected chi connectivity index (χ3v) is 7.68. The van der Waals surface area contributed by atoms with Crippen molar-refractivity contribution < 1.29 is 13.9 Å². The van der Waals surface area contributed by atoms with E-state index in [1.165, 1.54) is 41.6 Å². The van der Waals surface area contributed by atoms with Crippen LogP contribution in [0.4, 0.5) is 10.1 Å². The Morgan fingerprint density at radius 3 is 2.50 bits per heavy atom. The molecule has 1 amide bonds. The largest absolute Gasteiger partial charge is 0.481 e. The maximum Gasteiger partial charge on any atom is 0.282 e. The minimum Gasteiger partial charge on any atom is -0.481 e. The van der Waals surface area contributed by atoms with Gasteiger partial charge in [0.2, 0.25) is 0 Å². The highest BCUT2D eigenvalue weighted by molar-refractivity contribution is 9.10. The van der Waals surface area contributed by atoms with E-state index in [4.69, 9.17) is 32.9 Å². The number of nitrogens with one attached hydrogen (secondary N) is 1. The van der Waals surface area contributed by atoms with E-state index in [2.05, 4.69) is 26.3 Å². The molecule has 1 aromatic heterocycles. The van der Waals surface area contributed by atoms with E-state index in [0.29, 0.717) is 28.0 Å². The monoisotopic (exact) mass is 644 g/mol. The predicted octanol–water partition coefficient (Wildman–Crippen LogP) is 7.55. The lowest BCUT2D eigenvalue weighted by Gasteiger charge is -2.22. The number of ether oxygens (including phenoxy) is 1. The van der Waals surface area contributed by atoms with E-state index in [0.717, 1.165) is 30.2 Å². The summed E-state index contributed by atoms with van der Waals surface area (Å²) in [6, 6.07) is 14.0. The second-order valence-corrected chi connectivity index (χ2v) is 11.2. The number of hydrogen-bond acceptors (Lipinski definition) is 5. The predicted molar refractivity (Wildman–Crippen MR) is 160 cm³/mol. The number of amides is 1. The number of aromatic nitrogens is 2. The van der Waals surface area contributed by atoms with E-state index in [1.807, 2.05) is 12.1 Å². The van der Waals surface area contributed by atoms with Crippen LogP contribution in [0, 0.1) is 5.82 Å². The van der Waals surface area contributed by atoms with Crippen molar-refractivity contribution in [3.63, 3.8) is 0 Å². The molecule has 0 radical (unpaired) electrons. The van der Waals surface area contributed by atoms with Crippen LogP contribution in [-0.4, -0.2) is 28.4 Å². The number of carbonyl (C=O) groups is 1. The molecule has 0 aliphatic heterocycles. The van der Waals surface area contributed by atoms with Crippen LogP contribution >= 0.6 is 39.1 Å². The first kappa shape index (κ1) is 28.3. The van der Waals surface area contributed by atoms with Crippen molar-refractivity contribution in [2.24, 2.45) is 5.10 Å². The van der Waals surface area contributed by atoms with E-state index in [-0.39, 0.29) is 33.9 Å². The summed E-state index contributed by atoms with van der Waals surface area (Å²) in [7, 11) is 0. The highest BCUT2D eigenvalue weighted by Gasteiger charge is 2.22. The van der Waals surface area contributed by atoms with Crippen LogP contribution in [0.15, 0.2) is 69.0 Å². The van der Waals surface area contributed by atoms with Gasteiger partial charge in [-0.2, -0.15) is 9.78 Å². The van der Waals surface area contributed by atoms with Crippen molar-refractivity contribution in [1.82, 2.24) is 9.66 Å². The highest BCUT2D eigenvalue weighted by atomic mass is 79.9. The SMILES string of the molecule is O=C(COc1c(Cl)cc(C=Nn2c(C3CCCCC3)nc3ccc(Br)cc3c2=O)cc1Cl)Nc1ccc(F)cc1. The lowest BCUT2D eigenvalue weighted by Crippen LogP contribution is -2.25. The maximum absolute atomic E-state index is 13.5. The zero-order valence-corrected chi connectivity index (χ0v) is 24.3. The van der Waals surface area contributed by atoms with Gasteiger partial charge in [-0.1, -0.05) is 58.4 Å². The molecule has 1 aliphatic carbocycles. The minimum absolute atomic E-state index is 0.132. The Morgan fingerprint density at radius 1 is 1.10 bits per heavy atom. The number of hydrogen-bond donors (Lipinski definition) is 1. The molecule has 40 heavy (non-hydrogen) atoms. The molecule has 1 saturated carbocycles. The van der Waals surface area contributed by atoms with Gasteiger partial charge in [0.25, 0.3) is 11.5 Å². The Balaban J connectivity index is 1.38. The van der Waals surface area contributed by atoms with Crippen molar-refractivity contribution in [1.29, 1.82) is 0 Å². The molecule has 4 aromatic rings. The lowest BCUT2D eigenvalue weighted by atomic mass is 9.88. The molecule has 1 fully saturated rings. The molecule has 1 N–H and O–H groups in total. The Morgan fingerprint density at radius 2 is 1.80 bits per heavy atom. The number of anilines is 1. The molecule has 5 rings (SSSR count). The van der Waals surface area contributed by atoms with Gasteiger partial charge in [0.1, 0.15) is 11.6 Å². The lowest BCUT2D eigenvalue weighted by molar-refractivity contribution is -0.118. The highest BCUT2D eigenvalue weighted by Crippen LogP contribution is 2.34. The molecule has 206 valence electrons. The fourth-order valence-electron chi connectivity index (χ4n) is 4.69. The Bertz CT molecular complexity index is 1630. The van der Waals surface area contributed by atoms with Crippen LogP contribution in [0.3, 0.4) is 0 Å². The Labute approximate surface area is 248 Å². The van der Waals surface area contributed by atoms with E-state index in [1.54, 1.807) is 18.2 Å². The summed E-state index contributed by atoms with van der Waals surface area (Å²) in [5, 5.41) is 7.93. The number of fused-ring (bicyclic) bond motifs is 1. The molecular formula is C29H24BrCl2FN4O3. The number of benzene rings is 3. The van der Waals surface area contributed by atoms with Crippen molar-refractivity contribution in [3.8, 4) is 5.75 Å². The molecule has 0 saturated heterocycles. The molecule has 11 heteroatoms. The summed E-state index contributed by atoms with van der Waals surface area (Å²) >= 11 is 16.3. The molecule has 0 unspecified atom stereocenters. The number of rotatable bonds is 7. The van der Waals surface area contributed by atoms with E-state index >= 15 is 0 Å². The molecule has 7 nitrogen and oxygen atoms in total. The van der Waals surface area contributed by atoms with Crippen LogP contribution in [0.5, 0.6) is 5.75 Å². The van der Waals surface area contributed by atoms with Crippen molar-refractivity contribution in [2.45, 2.75) is 38.0 Å². The first-order valence-corrected chi connectivity index (χ1v) is 14.3. The summed E-state index contributed by atoms with van der Waals surface area (Å²) in [5.41, 5.74) is 1.34. The number of nitrogens with zero attached hydrogens (tertiary/aromatic N) is 3. The molecule has 0 bridgehead atoms. The number of carbonyl (C=O) groups excluding carboxylic acids is 1. The summed E-state index contributed by atoms with van der Waals surface area (Å²) in [6.45, 7) is -0.358. The standard InChI is InChI=1S/C29H24BrCl2FN4O3/c30-19-6-11-25-22(14-19)29(39)37(28(36-25)18-4-2-1-3-5-18)34-15-17-12-23(31)27(24(32)13-17)40-16-26(38)35-21-9-7-20(33)8-10-21/h6-15,18H,1-5,16H2,(H,35,38). The molecule has 0 atom stereocenters. The van der Waals surface area contributed by atoms with Gasteiger partial charge in [0.05, 0.1) is 27.2 Å². The second-order valence-electron chi connectivity index (χ2n) is 9.49. The first-order valence-electron chi connectivity index (χ1n) is 12.7. The van der Waals surface area contributed by atoms with Gasteiger partial charge < -0.3 is 10.1 Å².